The second kappa shape index (κ2) is 9.38. The molecule has 1 aliphatic heterocycles. The van der Waals surface area contributed by atoms with E-state index in [2.05, 4.69) is 18.7 Å². The molecule has 2 aromatic rings. The Morgan fingerprint density at radius 1 is 1.15 bits per heavy atom. The van der Waals surface area contributed by atoms with Gasteiger partial charge in [-0.05, 0) is 54.0 Å². The number of allylic oxidation sites excluding steroid dienone is 1. The number of nitrogens with zero attached hydrogens (tertiary/aromatic N) is 1. The van der Waals surface area contributed by atoms with E-state index in [0.29, 0.717) is 18.1 Å². The lowest BCUT2D eigenvalue weighted by Gasteiger charge is -2.28. The van der Waals surface area contributed by atoms with Gasteiger partial charge < -0.3 is 14.4 Å². The summed E-state index contributed by atoms with van der Waals surface area (Å²) in [4.78, 5) is 14.7. The molecule has 1 fully saturated rings. The van der Waals surface area contributed by atoms with Crippen LogP contribution in [0.5, 0.6) is 5.75 Å². The number of hydrogen-bond acceptors (Lipinski definition) is 4. The highest BCUT2D eigenvalue weighted by Gasteiger charge is 2.11. The van der Waals surface area contributed by atoms with Gasteiger partial charge in [0, 0.05) is 24.3 Å². The maximum atomic E-state index is 12.5. The summed E-state index contributed by atoms with van der Waals surface area (Å²) >= 11 is 0. The van der Waals surface area contributed by atoms with Crippen LogP contribution in [0.1, 0.15) is 29.8 Å². The summed E-state index contributed by atoms with van der Waals surface area (Å²) in [6.07, 6.45) is 3.45. The first-order valence-electron chi connectivity index (χ1n) is 9.50. The summed E-state index contributed by atoms with van der Waals surface area (Å²) in [5.74, 6) is 1.30. The highest BCUT2D eigenvalue weighted by Crippen LogP contribution is 2.18. The molecule has 0 N–H and O–H groups in total. The van der Waals surface area contributed by atoms with E-state index in [1.807, 2.05) is 54.6 Å². The van der Waals surface area contributed by atoms with Crippen molar-refractivity contribution in [2.75, 3.05) is 37.8 Å². The van der Waals surface area contributed by atoms with E-state index in [1.54, 1.807) is 6.08 Å². The highest BCUT2D eigenvalue weighted by atomic mass is 16.5. The van der Waals surface area contributed by atoms with Crippen LogP contribution in [0.2, 0.25) is 0 Å². The van der Waals surface area contributed by atoms with Gasteiger partial charge in [0.2, 0.25) is 0 Å². The number of benzene rings is 2. The SMILES string of the molecule is CC(C)COc1cccc(/C=C/C(=O)c2ccc(N3CCOCC3)cc2)c1. The Morgan fingerprint density at radius 3 is 2.59 bits per heavy atom. The first-order chi connectivity index (χ1) is 13.1. The van der Waals surface area contributed by atoms with Gasteiger partial charge in [0.05, 0.1) is 19.8 Å². The molecule has 4 heteroatoms. The predicted octanol–water partition coefficient (Wildman–Crippen LogP) is 4.45. The van der Waals surface area contributed by atoms with Crippen LogP contribution in [0, 0.1) is 5.92 Å². The van der Waals surface area contributed by atoms with E-state index in [4.69, 9.17) is 9.47 Å². The molecule has 0 atom stereocenters. The molecule has 0 radical (unpaired) electrons. The van der Waals surface area contributed by atoms with Crippen molar-refractivity contribution in [3.63, 3.8) is 0 Å². The lowest BCUT2D eigenvalue weighted by atomic mass is 10.1. The average molecular weight is 365 g/mol. The molecular weight excluding hydrogens is 338 g/mol. The maximum absolute atomic E-state index is 12.5. The zero-order valence-electron chi connectivity index (χ0n) is 16.1. The van der Waals surface area contributed by atoms with Crippen LogP contribution in [0.3, 0.4) is 0 Å². The monoisotopic (exact) mass is 365 g/mol. The van der Waals surface area contributed by atoms with Crippen LogP contribution in [-0.4, -0.2) is 38.7 Å². The number of rotatable bonds is 7. The fourth-order valence-corrected chi connectivity index (χ4v) is 2.90. The third kappa shape index (κ3) is 5.69. The van der Waals surface area contributed by atoms with E-state index in [0.717, 1.165) is 43.3 Å². The molecule has 0 unspecified atom stereocenters. The van der Waals surface area contributed by atoms with Crippen LogP contribution in [0.4, 0.5) is 5.69 Å². The molecule has 1 aliphatic rings. The van der Waals surface area contributed by atoms with Crippen LogP contribution >= 0.6 is 0 Å². The normalized spacial score (nSPS) is 14.7. The molecule has 1 heterocycles. The molecule has 142 valence electrons. The molecule has 0 amide bonds. The molecule has 0 aromatic heterocycles. The molecular formula is C23H27NO3. The second-order valence-electron chi connectivity index (χ2n) is 7.12. The lowest BCUT2D eigenvalue weighted by molar-refractivity contribution is 0.104. The summed E-state index contributed by atoms with van der Waals surface area (Å²) in [5.41, 5.74) is 2.78. The van der Waals surface area contributed by atoms with Gasteiger partial charge in [-0.1, -0.05) is 32.1 Å². The van der Waals surface area contributed by atoms with Crippen LogP contribution in [0.25, 0.3) is 6.08 Å². The molecule has 27 heavy (non-hydrogen) atoms. The van der Waals surface area contributed by atoms with Gasteiger partial charge in [-0.2, -0.15) is 0 Å². The summed E-state index contributed by atoms with van der Waals surface area (Å²) in [6.45, 7) is 8.21. The molecule has 0 aliphatic carbocycles. The Balaban J connectivity index is 1.61. The Morgan fingerprint density at radius 2 is 1.89 bits per heavy atom. The third-order valence-corrected chi connectivity index (χ3v) is 4.40. The van der Waals surface area contributed by atoms with Crippen molar-refractivity contribution in [3.05, 3.63) is 65.7 Å². The first kappa shape index (κ1) is 19.2. The van der Waals surface area contributed by atoms with Gasteiger partial charge in [0.1, 0.15) is 5.75 Å². The van der Waals surface area contributed by atoms with Gasteiger partial charge in [0.15, 0.2) is 5.78 Å². The summed E-state index contributed by atoms with van der Waals surface area (Å²) in [6, 6.07) is 15.6. The largest absolute Gasteiger partial charge is 0.493 e. The second-order valence-corrected chi connectivity index (χ2v) is 7.12. The van der Waals surface area contributed by atoms with Crippen LogP contribution < -0.4 is 9.64 Å². The number of morpholine rings is 1. The van der Waals surface area contributed by atoms with Crippen molar-refractivity contribution in [2.24, 2.45) is 5.92 Å². The van der Waals surface area contributed by atoms with Crippen molar-refractivity contribution in [1.29, 1.82) is 0 Å². The van der Waals surface area contributed by atoms with Gasteiger partial charge in [-0.15, -0.1) is 0 Å². The van der Waals surface area contributed by atoms with Gasteiger partial charge in [-0.25, -0.2) is 0 Å². The zero-order chi connectivity index (χ0) is 19.1. The van der Waals surface area contributed by atoms with Crippen molar-refractivity contribution in [2.45, 2.75) is 13.8 Å². The Bertz CT molecular complexity index is 774. The molecule has 2 aromatic carbocycles. The quantitative estimate of drug-likeness (QED) is 0.537. The van der Waals surface area contributed by atoms with Gasteiger partial charge >= 0.3 is 0 Å². The smallest absolute Gasteiger partial charge is 0.185 e. The Labute approximate surface area is 161 Å². The summed E-state index contributed by atoms with van der Waals surface area (Å²) < 4.78 is 11.1. The van der Waals surface area contributed by atoms with E-state index >= 15 is 0 Å². The number of carbonyl (C=O) groups is 1. The van der Waals surface area contributed by atoms with E-state index in [-0.39, 0.29) is 5.78 Å². The van der Waals surface area contributed by atoms with E-state index in [1.165, 1.54) is 0 Å². The molecule has 1 saturated heterocycles. The minimum atomic E-state index is -0.00275. The standard InChI is InChI=1S/C23H27NO3/c1-18(2)17-27-22-5-3-4-19(16-22)6-11-23(25)20-7-9-21(10-8-20)24-12-14-26-15-13-24/h3-11,16,18H,12-15,17H2,1-2H3/b11-6+. The Kier molecular flexibility index (Phi) is 6.66. The maximum Gasteiger partial charge on any atom is 0.185 e. The number of ketones is 1. The predicted molar refractivity (Wildman–Crippen MR) is 110 cm³/mol. The molecule has 4 nitrogen and oxygen atoms in total. The number of anilines is 1. The van der Waals surface area contributed by atoms with Crippen LogP contribution in [0.15, 0.2) is 54.6 Å². The van der Waals surface area contributed by atoms with Crippen molar-refractivity contribution in [1.82, 2.24) is 0 Å². The van der Waals surface area contributed by atoms with Gasteiger partial charge in [0.25, 0.3) is 0 Å². The topological polar surface area (TPSA) is 38.8 Å². The fraction of sp³-hybridized carbons (Fsp3) is 0.348. The Hall–Kier alpha value is -2.59. The van der Waals surface area contributed by atoms with E-state index in [9.17, 15) is 4.79 Å². The summed E-state index contributed by atoms with van der Waals surface area (Å²) in [5, 5.41) is 0. The molecule has 0 spiro atoms. The molecule has 3 rings (SSSR count). The number of carbonyl (C=O) groups excluding carboxylic acids is 1. The minimum absolute atomic E-state index is 0.00275. The van der Waals surface area contributed by atoms with E-state index < -0.39 is 0 Å². The fourth-order valence-electron chi connectivity index (χ4n) is 2.90. The molecule has 0 bridgehead atoms. The lowest BCUT2D eigenvalue weighted by Crippen LogP contribution is -2.36. The zero-order valence-corrected chi connectivity index (χ0v) is 16.1. The average Bonchev–Trinajstić information content (AvgIpc) is 2.71. The van der Waals surface area contributed by atoms with Crippen LogP contribution in [-0.2, 0) is 4.74 Å². The van der Waals surface area contributed by atoms with Crippen molar-refractivity contribution < 1.29 is 14.3 Å². The number of hydrogen-bond donors (Lipinski definition) is 0. The third-order valence-electron chi connectivity index (χ3n) is 4.40. The summed E-state index contributed by atoms with van der Waals surface area (Å²) in [7, 11) is 0. The van der Waals surface area contributed by atoms with Gasteiger partial charge in [-0.3, -0.25) is 4.79 Å². The van der Waals surface area contributed by atoms with Crippen molar-refractivity contribution in [3.8, 4) is 5.75 Å². The van der Waals surface area contributed by atoms with Crippen molar-refractivity contribution >= 4 is 17.5 Å². The molecule has 0 saturated carbocycles. The first-order valence-corrected chi connectivity index (χ1v) is 9.50. The minimum Gasteiger partial charge on any atom is -0.493 e. The number of ether oxygens (including phenoxy) is 2. The highest BCUT2D eigenvalue weighted by molar-refractivity contribution is 6.07.